The lowest BCUT2D eigenvalue weighted by atomic mass is 10.1. The molecule has 0 spiro atoms. The number of hydrogen-bond acceptors (Lipinski definition) is 4. The minimum atomic E-state index is -4.17. The van der Waals surface area contributed by atoms with E-state index in [0.717, 1.165) is 26.3 Å². The molecule has 0 saturated heterocycles. The van der Waals surface area contributed by atoms with E-state index < -0.39 is 28.5 Å². The molecule has 2 atom stereocenters. The first-order valence-electron chi connectivity index (χ1n) is 13.0. The van der Waals surface area contributed by atoms with E-state index >= 15 is 0 Å². The quantitative estimate of drug-likeness (QED) is 0.267. The second-order valence-corrected chi connectivity index (χ2v) is 13.1. The largest absolute Gasteiger partial charge is 0.352 e. The summed E-state index contributed by atoms with van der Waals surface area (Å²) in [5, 5.41) is 3.27. The van der Waals surface area contributed by atoms with Crippen molar-refractivity contribution >= 4 is 55.1 Å². The molecule has 10 heteroatoms. The number of carbonyl (C=O) groups excluding carboxylic acids is 2. The monoisotopic (exact) mass is 647 g/mol. The van der Waals surface area contributed by atoms with Crippen molar-refractivity contribution in [3.8, 4) is 0 Å². The van der Waals surface area contributed by atoms with Crippen LogP contribution < -0.4 is 9.62 Å². The van der Waals surface area contributed by atoms with Gasteiger partial charge in [-0.2, -0.15) is 0 Å². The van der Waals surface area contributed by atoms with Gasteiger partial charge in [-0.15, -0.1) is 0 Å². The van der Waals surface area contributed by atoms with Gasteiger partial charge in [0.1, 0.15) is 12.6 Å². The summed E-state index contributed by atoms with van der Waals surface area (Å²) in [5.74, 6) is -0.841. The minimum Gasteiger partial charge on any atom is -0.352 e. The number of nitrogens with one attached hydrogen (secondary N) is 1. The third kappa shape index (κ3) is 7.86. The molecule has 0 heterocycles. The molecule has 3 aromatic rings. The van der Waals surface area contributed by atoms with Crippen molar-refractivity contribution in [1.29, 1.82) is 0 Å². The highest BCUT2D eigenvalue weighted by Gasteiger charge is 2.33. The van der Waals surface area contributed by atoms with Crippen molar-refractivity contribution in [2.75, 3.05) is 10.8 Å². The molecule has 0 radical (unpaired) electrons. The minimum absolute atomic E-state index is 0.0476. The van der Waals surface area contributed by atoms with Gasteiger partial charge in [0.05, 0.1) is 10.6 Å². The molecule has 0 bridgehead atoms. The molecular formula is C30H35BrClN3O4S. The predicted octanol–water partition coefficient (Wildman–Crippen LogP) is 6.25. The zero-order valence-corrected chi connectivity index (χ0v) is 26.5. The lowest BCUT2D eigenvalue weighted by Crippen LogP contribution is -2.52. The van der Waals surface area contributed by atoms with Crippen LogP contribution in [0.5, 0.6) is 0 Å². The van der Waals surface area contributed by atoms with E-state index in [0.29, 0.717) is 16.3 Å². The van der Waals surface area contributed by atoms with Gasteiger partial charge >= 0.3 is 0 Å². The van der Waals surface area contributed by atoms with Crippen molar-refractivity contribution in [1.82, 2.24) is 10.2 Å². The van der Waals surface area contributed by atoms with Crippen LogP contribution in [0.3, 0.4) is 0 Å². The van der Waals surface area contributed by atoms with Gasteiger partial charge in [-0.3, -0.25) is 13.9 Å². The second kappa shape index (κ2) is 13.7. The Morgan fingerprint density at radius 1 is 1.00 bits per heavy atom. The number of nitrogens with zero attached hydrogens (tertiary/aromatic N) is 2. The number of hydrogen-bond donors (Lipinski definition) is 1. The van der Waals surface area contributed by atoms with Crippen LogP contribution in [-0.4, -0.2) is 43.8 Å². The molecule has 3 rings (SSSR count). The number of sulfonamides is 1. The first-order valence-corrected chi connectivity index (χ1v) is 15.6. The molecule has 3 aromatic carbocycles. The highest BCUT2D eigenvalue weighted by Crippen LogP contribution is 2.30. The van der Waals surface area contributed by atoms with E-state index in [1.54, 1.807) is 38.1 Å². The molecule has 0 aliphatic heterocycles. The predicted molar refractivity (Wildman–Crippen MR) is 164 cm³/mol. The Bertz CT molecular complexity index is 1460. The fourth-order valence-electron chi connectivity index (χ4n) is 4.08. The molecule has 214 valence electrons. The van der Waals surface area contributed by atoms with E-state index in [1.807, 2.05) is 45.0 Å². The lowest BCUT2D eigenvalue weighted by molar-refractivity contribution is -0.139. The second-order valence-electron chi connectivity index (χ2n) is 9.90. The van der Waals surface area contributed by atoms with Crippen LogP contribution in [0, 0.1) is 13.8 Å². The van der Waals surface area contributed by atoms with Crippen molar-refractivity contribution in [2.45, 2.75) is 64.6 Å². The standard InChI is InChI=1S/C30H35BrClN3O4S/c1-6-22(4)33-30(37)23(5)34(18-24-8-7-9-25(31)16-24)29(36)19-35(28-17-26(32)13-12-21(28)3)40(38,39)27-14-10-20(2)11-15-27/h7-17,22-23H,6,18-19H2,1-5H3,(H,33,37)/t22-,23+/m1/s1. The molecule has 0 unspecified atom stereocenters. The summed E-state index contributed by atoms with van der Waals surface area (Å²) in [4.78, 5) is 28.7. The van der Waals surface area contributed by atoms with E-state index in [9.17, 15) is 18.0 Å². The van der Waals surface area contributed by atoms with Crippen LogP contribution in [0.25, 0.3) is 0 Å². The summed E-state index contributed by atoms with van der Waals surface area (Å²) in [6.07, 6.45) is 0.731. The topological polar surface area (TPSA) is 86.8 Å². The number of anilines is 1. The molecule has 0 fully saturated rings. The number of aryl methyl sites for hydroxylation is 2. The van der Waals surface area contributed by atoms with Crippen LogP contribution in [0.2, 0.25) is 5.02 Å². The molecule has 1 N–H and O–H groups in total. The van der Waals surface area contributed by atoms with E-state index in [1.165, 1.54) is 23.1 Å². The maximum Gasteiger partial charge on any atom is 0.264 e. The van der Waals surface area contributed by atoms with Crippen LogP contribution >= 0.6 is 27.5 Å². The Morgan fingerprint density at radius 2 is 1.68 bits per heavy atom. The van der Waals surface area contributed by atoms with E-state index in [2.05, 4.69) is 21.2 Å². The first kappa shape index (κ1) is 31.6. The molecule has 2 amide bonds. The van der Waals surface area contributed by atoms with Gasteiger partial charge in [-0.25, -0.2) is 8.42 Å². The Morgan fingerprint density at radius 3 is 2.30 bits per heavy atom. The third-order valence-corrected chi connectivity index (χ3v) is 9.24. The maximum absolute atomic E-state index is 14.0. The number of amides is 2. The summed E-state index contributed by atoms with van der Waals surface area (Å²) < 4.78 is 29.9. The summed E-state index contributed by atoms with van der Waals surface area (Å²) in [6.45, 7) is 8.72. The summed E-state index contributed by atoms with van der Waals surface area (Å²) in [5.41, 5.74) is 2.62. The molecule has 0 saturated carbocycles. The normalized spacial score (nSPS) is 12.9. The van der Waals surface area contributed by atoms with Crippen molar-refractivity contribution < 1.29 is 18.0 Å². The van der Waals surface area contributed by atoms with Crippen LogP contribution in [0.1, 0.15) is 43.9 Å². The van der Waals surface area contributed by atoms with Gasteiger partial charge in [0.15, 0.2) is 0 Å². The number of rotatable bonds is 11. The van der Waals surface area contributed by atoms with Gasteiger partial charge in [0.2, 0.25) is 11.8 Å². The smallest absolute Gasteiger partial charge is 0.264 e. The highest BCUT2D eigenvalue weighted by molar-refractivity contribution is 9.10. The zero-order valence-electron chi connectivity index (χ0n) is 23.3. The summed E-state index contributed by atoms with van der Waals surface area (Å²) in [7, 11) is -4.17. The maximum atomic E-state index is 14.0. The fourth-order valence-corrected chi connectivity index (χ4v) is 6.17. The molecular weight excluding hydrogens is 614 g/mol. The summed E-state index contributed by atoms with van der Waals surface area (Å²) >= 11 is 9.74. The van der Waals surface area contributed by atoms with Crippen molar-refractivity contribution in [2.24, 2.45) is 0 Å². The summed E-state index contributed by atoms with van der Waals surface area (Å²) in [6, 6.07) is 17.9. The van der Waals surface area contributed by atoms with Crippen molar-refractivity contribution in [3.05, 3.63) is 92.9 Å². The average molecular weight is 649 g/mol. The number of carbonyl (C=O) groups is 2. The van der Waals surface area contributed by atoms with Crippen molar-refractivity contribution in [3.63, 3.8) is 0 Å². The Balaban J connectivity index is 2.07. The number of benzene rings is 3. The van der Waals surface area contributed by atoms with E-state index in [-0.39, 0.29) is 23.4 Å². The van der Waals surface area contributed by atoms with Crippen LogP contribution in [0.15, 0.2) is 76.1 Å². The fraction of sp³-hybridized carbons (Fsp3) is 0.333. The van der Waals surface area contributed by atoms with Gasteiger partial charge in [0, 0.05) is 22.1 Å². The number of halogens is 2. The molecule has 40 heavy (non-hydrogen) atoms. The zero-order chi connectivity index (χ0) is 29.6. The molecule has 0 aliphatic carbocycles. The Kier molecular flexibility index (Phi) is 10.8. The Labute approximate surface area is 250 Å². The van der Waals surface area contributed by atoms with Gasteiger partial charge in [0.25, 0.3) is 10.0 Å². The molecule has 0 aromatic heterocycles. The van der Waals surface area contributed by atoms with Crippen LogP contribution in [-0.2, 0) is 26.2 Å². The van der Waals surface area contributed by atoms with Gasteiger partial charge in [-0.1, -0.05) is 70.3 Å². The Hall–Kier alpha value is -2.88. The van der Waals surface area contributed by atoms with Crippen LogP contribution in [0.4, 0.5) is 5.69 Å². The third-order valence-electron chi connectivity index (χ3n) is 6.74. The van der Waals surface area contributed by atoms with E-state index in [4.69, 9.17) is 11.6 Å². The molecule has 7 nitrogen and oxygen atoms in total. The SMILES string of the molecule is CC[C@@H](C)NC(=O)[C@H](C)N(Cc1cccc(Br)c1)C(=O)CN(c1cc(Cl)ccc1C)S(=O)(=O)c1ccc(C)cc1. The van der Waals surface area contributed by atoms with Gasteiger partial charge in [-0.05, 0) is 81.6 Å². The van der Waals surface area contributed by atoms with Gasteiger partial charge < -0.3 is 10.2 Å². The first-order chi connectivity index (χ1) is 18.8. The highest BCUT2D eigenvalue weighted by atomic mass is 79.9. The average Bonchev–Trinajstić information content (AvgIpc) is 2.91. The lowest BCUT2D eigenvalue weighted by Gasteiger charge is -2.33. The molecule has 0 aliphatic rings.